The summed E-state index contributed by atoms with van der Waals surface area (Å²) in [6.07, 6.45) is 1.58. The van der Waals surface area contributed by atoms with E-state index in [2.05, 4.69) is 43.2 Å². The Balaban J connectivity index is 2.44. The predicted octanol–water partition coefficient (Wildman–Crippen LogP) is 3.58. The normalized spacial score (nSPS) is 10.9. The first kappa shape index (κ1) is 13.9. The van der Waals surface area contributed by atoms with Crippen molar-refractivity contribution in [2.75, 3.05) is 11.1 Å². The van der Waals surface area contributed by atoms with Crippen LogP contribution in [0.5, 0.6) is 0 Å². The van der Waals surface area contributed by atoms with Gasteiger partial charge in [0.2, 0.25) is 0 Å². The summed E-state index contributed by atoms with van der Waals surface area (Å²) >= 11 is 0. The molecule has 1 aromatic heterocycles. The molecule has 1 heterocycles. The second-order valence-electron chi connectivity index (χ2n) is 5.65. The molecule has 0 aliphatic carbocycles. The van der Waals surface area contributed by atoms with Crippen LogP contribution < -0.4 is 11.1 Å². The van der Waals surface area contributed by atoms with Crippen LogP contribution in [-0.2, 0) is 5.41 Å². The number of nitrogens with one attached hydrogen (secondary N) is 1. The molecule has 0 spiro atoms. The molecule has 20 heavy (non-hydrogen) atoms. The summed E-state index contributed by atoms with van der Waals surface area (Å²) in [6, 6.07) is 11.7. The zero-order chi connectivity index (χ0) is 14.8. The Bertz CT molecular complexity index is 663. The van der Waals surface area contributed by atoms with Crippen molar-refractivity contribution in [2.45, 2.75) is 26.2 Å². The fourth-order valence-corrected chi connectivity index (χ4v) is 2.04. The highest BCUT2D eigenvalue weighted by Crippen LogP contribution is 2.32. The molecule has 0 bridgehead atoms. The van der Waals surface area contributed by atoms with Gasteiger partial charge in [-0.15, -0.1) is 0 Å². The second-order valence-corrected chi connectivity index (χ2v) is 5.65. The Kier molecular flexibility index (Phi) is 3.62. The number of hydrogen-bond acceptors (Lipinski definition) is 4. The molecular weight excluding hydrogens is 248 g/mol. The zero-order valence-corrected chi connectivity index (χ0v) is 11.9. The van der Waals surface area contributed by atoms with Gasteiger partial charge in [-0.1, -0.05) is 39.0 Å². The van der Waals surface area contributed by atoms with Gasteiger partial charge < -0.3 is 11.1 Å². The number of nitrogen functional groups attached to an aromatic ring is 1. The smallest absolute Gasteiger partial charge is 0.154 e. The maximum absolute atomic E-state index is 9.01. The molecule has 0 saturated heterocycles. The van der Waals surface area contributed by atoms with Gasteiger partial charge in [-0.2, -0.15) is 5.26 Å². The molecule has 102 valence electrons. The Morgan fingerprint density at radius 2 is 1.90 bits per heavy atom. The predicted molar refractivity (Wildman–Crippen MR) is 81.8 cm³/mol. The second kappa shape index (κ2) is 5.22. The number of pyridine rings is 1. The summed E-state index contributed by atoms with van der Waals surface area (Å²) in [6.45, 7) is 6.45. The molecule has 0 aliphatic heterocycles. The van der Waals surface area contributed by atoms with Crippen molar-refractivity contribution in [1.29, 1.82) is 5.26 Å². The lowest BCUT2D eigenvalue weighted by molar-refractivity contribution is 0.592. The van der Waals surface area contributed by atoms with Crippen molar-refractivity contribution in [3.63, 3.8) is 0 Å². The third-order valence-corrected chi connectivity index (χ3v) is 3.10. The van der Waals surface area contributed by atoms with Gasteiger partial charge in [0.15, 0.2) is 5.82 Å². The lowest BCUT2D eigenvalue weighted by atomic mass is 9.86. The van der Waals surface area contributed by atoms with Gasteiger partial charge in [-0.05, 0) is 23.1 Å². The van der Waals surface area contributed by atoms with Crippen LogP contribution in [0.2, 0.25) is 0 Å². The number of benzene rings is 1. The Morgan fingerprint density at radius 3 is 2.55 bits per heavy atom. The first-order valence-corrected chi connectivity index (χ1v) is 6.44. The van der Waals surface area contributed by atoms with Gasteiger partial charge in [0.05, 0.1) is 11.3 Å². The average molecular weight is 266 g/mol. The molecule has 0 fully saturated rings. The van der Waals surface area contributed by atoms with Crippen LogP contribution in [0.1, 0.15) is 31.9 Å². The van der Waals surface area contributed by atoms with Crippen molar-refractivity contribution in [3.8, 4) is 6.07 Å². The Labute approximate surface area is 119 Å². The molecule has 1 aromatic carbocycles. The lowest BCUT2D eigenvalue weighted by Crippen LogP contribution is -2.14. The topological polar surface area (TPSA) is 74.7 Å². The number of nitriles is 1. The van der Waals surface area contributed by atoms with Crippen molar-refractivity contribution in [2.24, 2.45) is 0 Å². The highest BCUT2D eigenvalue weighted by Gasteiger charge is 2.18. The number of nitrogens with two attached hydrogens (primary N) is 1. The molecule has 0 aliphatic rings. The Hall–Kier alpha value is -2.54. The SMILES string of the molecule is CC(C)(C)c1ccccc1Nc1nccc(C#N)c1N. The van der Waals surface area contributed by atoms with Crippen LogP contribution in [0.25, 0.3) is 0 Å². The molecule has 2 aromatic rings. The molecule has 4 heteroatoms. The van der Waals surface area contributed by atoms with Crippen molar-refractivity contribution in [3.05, 3.63) is 47.7 Å². The standard InChI is InChI=1S/C16H18N4/c1-16(2,3)12-6-4-5-7-13(12)20-15-14(18)11(10-17)8-9-19-15/h4-9H,18H2,1-3H3,(H,19,20). The molecular formula is C16H18N4. The number of rotatable bonds is 2. The van der Waals surface area contributed by atoms with Gasteiger partial charge >= 0.3 is 0 Å². The summed E-state index contributed by atoms with van der Waals surface area (Å²) in [5, 5.41) is 12.2. The van der Waals surface area contributed by atoms with Crippen LogP contribution in [-0.4, -0.2) is 4.98 Å². The minimum atomic E-state index is 0.00515. The minimum absolute atomic E-state index is 0.00515. The zero-order valence-electron chi connectivity index (χ0n) is 11.9. The minimum Gasteiger partial charge on any atom is -0.395 e. The van der Waals surface area contributed by atoms with E-state index in [1.807, 2.05) is 18.2 Å². The highest BCUT2D eigenvalue weighted by atomic mass is 15.0. The number of aromatic nitrogens is 1. The van der Waals surface area contributed by atoms with E-state index in [0.717, 1.165) is 5.69 Å². The van der Waals surface area contributed by atoms with E-state index >= 15 is 0 Å². The third kappa shape index (κ3) is 2.72. The molecule has 3 N–H and O–H groups in total. The first-order valence-electron chi connectivity index (χ1n) is 6.44. The van der Waals surface area contributed by atoms with Gasteiger partial charge in [0.1, 0.15) is 6.07 Å². The van der Waals surface area contributed by atoms with Crippen LogP contribution in [0, 0.1) is 11.3 Å². The van der Waals surface area contributed by atoms with Crippen molar-refractivity contribution < 1.29 is 0 Å². The quantitative estimate of drug-likeness (QED) is 0.871. The van der Waals surface area contributed by atoms with E-state index in [-0.39, 0.29) is 5.41 Å². The first-order chi connectivity index (χ1) is 9.43. The maximum Gasteiger partial charge on any atom is 0.154 e. The van der Waals surface area contributed by atoms with Gasteiger partial charge in [-0.3, -0.25) is 0 Å². The van der Waals surface area contributed by atoms with E-state index in [9.17, 15) is 0 Å². The molecule has 0 saturated carbocycles. The van der Waals surface area contributed by atoms with Crippen LogP contribution in [0.4, 0.5) is 17.2 Å². The highest BCUT2D eigenvalue weighted by molar-refractivity contribution is 5.75. The molecule has 2 rings (SSSR count). The lowest BCUT2D eigenvalue weighted by Gasteiger charge is -2.23. The largest absolute Gasteiger partial charge is 0.395 e. The van der Waals surface area contributed by atoms with E-state index in [0.29, 0.717) is 17.1 Å². The molecule has 0 amide bonds. The van der Waals surface area contributed by atoms with Crippen LogP contribution >= 0.6 is 0 Å². The average Bonchev–Trinajstić information content (AvgIpc) is 2.40. The summed E-state index contributed by atoms with van der Waals surface area (Å²) < 4.78 is 0. The van der Waals surface area contributed by atoms with E-state index in [1.165, 1.54) is 5.56 Å². The fourth-order valence-electron chi connectivity index (χ4n) is 2.04. The van der Waals surface area contributed by atoms with E-state index in [1.54, 1.807) is 12.3 Å². The third-order valence-electron chi connectivity index (χ3n) is 3.10. The molecule has 0 atom stereocenters. The molecule has 0 radical (unpaired) electrons. The van der Waals surface area contributed by atoms with Crippen LogP contribution in [0.3, 0.4) is 0 Å². The van der Waals surface area contributed by atoms with Gasteiger partial charge in [0.25, 0.3) is 0 Å². The summed E-state index contributed by atoms with van der Waals surface area (Å²) in [5.74, 6) is 0.515. The molecule has 4 nitrogen and oxygen atoms in total. The maximum atomic E-state index is 9.01. The number of para-hydroxylation sites is 1. The number of hydrogen-bond donors (Lipinski definition) is 2. The summed E-state index contributed by atoms with van der Waals surface area (Å²) in [7, 11) is 0. The summed E-state index contributed by atoms with van der Waals surface area (Å²) in [4.78, 5) is 4.22. The summed E-state index contributed by atoms with van der Waals surface area (Å²) in [5.41, 5.74) is 8.88. The number of anilines is 3. The van der Waals surface area contributed by atoms with Gasteiger partial charge in [-0.25, -0.2) is 4.98 Å². The number of nitrogens with zero attached hydrogens (tertiary/aromatic N) is 2. The van der Waals surface area contributed by atoms with Crippen molar-refractivity contribution in [1.82, 2.24) is 4.98 Å². The molecule has 0 unspecified atom stereocenters. The fraction of sp³-hybridized carbons (Fsp3) is 0.250. The van der Waals surface area contributed by atoms with Gasteiger partial charge in [0, 0.05) is 11.9 Å². The monoisotopic (exact) mass is 266 g/mol. The van der Waals surface area contributed by atoms with E-state index in [4.69, 9.17) is 11.0 Å². The Morgan fingerprint density at radius 1 is 1.20 bits per heavy atom. The van der Waals surface area contributed by atoms with E-state index < -0.39 is 0 Å². The van der Waals surface area contributed by atoms with Crippen LogP contribution in [0.15, 0.2) is 36.5 Å². The van der Waals surface area contributed by atoms with Crippen molar-refractivity contribution >= 4 is 17.2 Å².